The second-order valence-corrected chi connectivity index (χ2v) is 11.6. The first-order valence-electron chi connectivity index (χ1n) is 12.8. The molecule has 2 heterocycles. The molecule has 7 aromatic rings. The number of benzene rings is 5. The van der Waals surface area contributed by atoms with Crippen LogP contribution in [-0.4, -0.2) is 15.0 Å². The summed E-state index contributed by atoms with van der Waals surface area (Å²) in [7, 11) is 0. The Morgan fingerprint density at radius 2 is 1.34 bits per heavy atom. The van der Waals surface area contributed by atoms with Gasteiger partial charge in [0.05, 0.1) is 22.1 Å². The van der Waals surface area contributed by atoms with Crippen molar-refractivity contribution in [3.63, 3.8) is 0 Å². The quantitative estimate of drug-likeness (QED) is 0.225. The lowest BCUT2D eigenvalue weighted by Gasteiger charge is -2.23. The Bertz CT molecular complexity index is 2000. The summed E-state index contributed by atoms with van der Waals surface area (Å²) in [5.41, 5.74) is 9.35. The highest BCUT2D eigenvalue weighted by Gasteiger charge is 2.35. The molecule has 1 aliphatic rings. The minimum atomic E-state index is -0.116. The largest absolute Gasteiger partial charge is 0.261 e. The van der Waals surface area contributed by atoms with Gasteiger partial charge in [-0.15, -0.1) is 11.3 Å². The maximum Gasteiger partial charge on any atom is 0.124 e. The Balaban J connectivity index is 1.24. The SMILES string of the molecule is CC1(C)c2cc(-c3ccc(-c4nc5ccccc5s4)cc3)cc3ccc4cc(-c5cnccn5)cc1c4c23. The molecular formula is C34H23N3S. The third-order valence-electron chi connectivity index (χ3n) is 7.99. The first-order chi connectivity index (χ1) is 18.6. The van der Waals surface area contributed by atoms with Gasteiger partial charge in [-0.2, -0.15) is 0 Å². The van der Waals surface area contributed by atoms with E-state index in [1.165, 1.54) is 48.5 Å². The number of para-hydroxylation sites is 1. The van der Waals surface area contributed by atoms with E-state index >= 15 is 0 Å². The van der Waals surface area contributed by atoms with Crippen molar-refractivity contribution in [1.82, 2.24) is 15.0 Å². The van der Waals surface area contributed by atoms with Crippen molar-refractivity contribution in [3.8, 4) is 33.0 Å². The van der Waals surface area contributed by atoms with E-state index in [0.29, 0.717) is 0 Å². The van der Waals surface area contributed by atoms with Crippen molar-refractivity contribution in [2.45, 2.75) is 19.3 Å². The normalized spacial score (nSPS) is 13.7. The number of hydrogen-bond acceptors (Lipinski definition) is 4. The summed E-state index contributed by atoms with van der Waals surface area (Å²) in [6, 6.07) is 31.0. The van der Waals surface area contributed by atoms with E-state index in [2.05, 4.69) is 103 Å². The van der Waals surface area contributed by atoms with Crippen LogP contribution in [0.15, 0.2) is 104 Å². The van der Waals surface area contributed by atoms with E-state index in [0.717, 1.165) is 27.3 Å². The molecule has 38 heavy (non-hydrogen) atoms. The lowest BCUT2D eigenvalue weighted by molar-refractivity contribution is 0.663. The van der Waals surface area contributed by atoms with E-state index in [4.69, 9.17) is 4.98 Å². The van der Waals surface area contributed by atoms with Gasteiger partial charge in [-0.1, -0.05) is 62.4 Å². The zero-order valence-electron chi connectivity index (χ0n) is 21.1. The fourth-order valence-electron chi connectivity index (χ4n) is 6.02. The van der Waals surface area contributed by atoms with Crippen LogP contribution in [0.25, 0.3) is 64.7 Å². The Morgan fingerprint density at radius 1 is 0.658 bits per heavy atom. The molecule has 0 atom stereocenters. The summed E-state index contributed by atoms with van der Waals surface area (Å²) in [5, 5.41) is 6.36. The molecule has 0 amide bonds. The molecule has 0 spiro atoms. The molecule has 0 saturated heterocycles. The van der Waals surface area contributed by atoms with Gasteiger partial charge in [-0.05, 0) is 80.2 Å². The van der Waals surface area contributed by atoms with E-state index in [9.17, 15) is 0 Å². The van der Waals surface area contributed by atoms with Crippen molar-refractivity contribution >= 4 is 43.1 Å². The first-order valence-corrected chi connectivity index (χ1v) is 13.7. The van der Waals surface area contributed by atoms with Crippen LogP contribution in [0.1, 0.15) is 25.0 Å². The second kappa shape index (κ2) is 7.80. The molecule has 3 nitrogen and oxygen atoms in total. The van der Waals surface area contributed by atoms with Gasteiger partial charge in [0.2, 0.25) is 0 Å². The highest BCUT2D eigenvalue weighted by molar-refractivity contribution is 7.21. The molecule has 0 N–H and O–H groups in total. The number of rotatable bonds is 3. The Morgan fingerprint density at radius 3 is 2.05 bits per heavy atom. The smallest absolute Gasteiger partial charge is 0.124 e. The molecule has 0 fully saturated rings. The van der Waals surface area contributed by atoms with Crippen LogP contribution in [0, 0.1) is 0 Å². The maximum atomic E-state index is 4.84. The minimum absolute atomic E-state index is 0.116. The van der Waals surface area contributed by atoms with Crippen LogP contribution in [0.3, 0.4) is 0 Å². The van der Waals surface area contributed by atoms with Gasteiger partial charge in [-0.3, -0.25) is 9.97 Å². The number of aromatic nitrogens is 3. The predicted molar refractivity (Wildman–Crippen MR) is 159 cm³/mol. The number of fused-ring (bicyclic) bond motifs is 1. The summed E-state index contributed by atoms with van der Waals surface area (Å²) in [4.78, 5) is 13.7. The van der Waals surface area contributed by atoms with Gasteiger partial charge in [0, 0.05) is 28.9 Å². The molecule has 0 aliphatic heterocycles. The van der Waals surface area contributed by atoms with Crippen LogP contribution in [0.2, 0.25) is 0 Å². The second-order valence-electron chi connectivity index (χ2n) is 10.6. The summed E-state index contributed by atoms with van der Waals surface area (Å²) in [6.45, 7) is 4.69. The monoisotopic (exact) mass is 505 g/mol. The highest BCUT2D eigenvalue weighted by Crippen LogP contribution is 2.51. The molecule has 0 saturated carbocycles. The fourth-order valence-corrected chi connectivity index (χ4v) is 7.00. The van der Waals surface area contributed by atoms with Gasteiger partial charge >= 0.3 is 0 Å². The molecule has 5 aromatic carbocycles. The Labute approximate surface area is 224 Å². The fraction of sp³-hybridized carbons (Fsp3) is 0.0882. The third kappa shape index (κ3) is 3.10. The van der Waals surface area contributed by atoms with Crippen LogP contribution < -0.4 is 0 Å². The van der Waals surface area contributed by atoms with Crippen LogP contribution in [0.5, 0.6) is 0 Å². The average molecular weight is 506 g/mol. The molecular weight excluding hydrogens is 482 g/mol. The summed E-state index contributed by atoms with van der Waals surface area (Å²) >= 11 is 1.74. The van der Waals surface area contributed by atoms with E-state index in [1.807, 2.05) is 12.3 Å². The molecule has 2 aromatic heterocycles. The summed E-state index contributed by atoms with van der Waals surface area (Å²) in [6.07, 6.45) is 5.33. The van der Waals surface area contributed by atoms with Gasteiger partial charge in [0.25, 0.3) is 0 Å². The molecule has 4 heteroatoms. The molecule has 0 unspecified atom stereocenters. The molecule has 0 bridgehead atoms. The lowest BCUT2D eigenvalue weighted by atomic mass is 9.80. The first kappa shape index (κ1) is 21.7. The van der Waals surface area contributed by atoms with Crippen LogP contribution in [-0.2, 0) is 5.41 Å². The molecule has 8 rings (SSSR count). The number of thiazole rings is 1. The highest BCUT2D eigenvalue weighted by atomic mass is 32.1. The van der Waals surface area contributed by atoms with Crippen molar-refractivity contribution in [2.75, 3.05) is 0 Å². The van der Waals surface area contributed by atoms with Crippen molar-refractivity contribution in [3.05, 3.63) is 115 Å². The van der Waals surface area contributed by atoms with Gasteiger partial charge in [0.1, 0.15) is 5.01 Å². The van der Waals surface area contributed by atoms with Crippen molar-refractivity contribution in [2.24, 2.45) is 0 Å². The standard InChI is InChI=1S/C34H23N3S/c1-34(2)26-17-24(20-7-9-21(10-8-20)33-37-28-5-3-4-6-30(28)38-33)15-22-11-12-23-16-25(29-19-35-13-14-36-29)18-27(34)32(23)31(22)26/h3-19H,1-2H3. The Hall–Kier alpha value is -4.41. The zero-order chi connectivity index (χ0) is 25.4. The summed E-state index contributed by atoms with van der Waals surface area (Å²) < 4.78 is 1.22. The minimum Gasteiger partial charge on any atom is -0.261 e. The number of hydrogen-bond donors (Lipinski definition) is 0. The number of nitrogens with zero attached hydrogens (tertiary/aromatic N) is 3. The average Bonchev–Trinajstić information content (AvgIpc) is 3.50. The van der Waals surface area contributed by atoms with E-state index < -0.39 is 0 Å². The van der Waals surface area contributed by atoms with Crippen molar-refractivity contribution in [1.29, 1.82) is 0 Å². The maximum absolute atomic E-state index is 4.84. The van der Waals surface area contributed by atoms with Gasteiger partial charge < -0.3 is 0 Å². The third-order valence-corrected chi connectivity index (χ3v) is 9.08. The van der Waals surface area contributed by atoms with E-state index in [-0.39, 0.29) is 5.41 Å². The van der Waals surface area contributed by atoms with E-state index in [1.54, 1.807) is 23.7 Å². The van der Waals surface area contributed by atoms with Gasteiger partial charge in [0.15, 0.2) is 0 Å². The van der Waals surface area contributed by atoms with Crippen LogP contribution in [0.4, 0.5) is 0 Å². The molecule has 180 valence electrons. The lowest BCUT2D eigenvalue weighted by Crippen LogP contribution is -2.15. The van der Waals surface area contributed by atoms with Crippen LogP contribution >= 0.6 is 11.3 Å². The molecule has 1 aliphatic carbocycles. The summed E-state index contributed by atoms with van der Waals surface area (Å²) in [5.74, 6) is 0. The topological polar surface area (TPSA) is 38.7 Å². The Kier molecular flexibility index (Phi) is 4.44. The zero-order valence-corrected chi connectivity index (χ0v) is 21.9. The molecule has 0 radical (unpaired) electrons. The van der Waals surface area contributed by atoms with Crippen molar-refractivity contribution < 1.29 is 0 Å². The van der Waals surface area contributed by atoms with Gasteiger partial charge in [-0.25, -0.2) is 4.98 Å². The predicted octanol–water partition coefficient (Wildman–Crippen LogP) is 9.03.